The van der Waals surface area contributed by atoms with Gasteiger partial charge in [-0.25, -0.2) is 13.9 Å². The molecule has 1 amide bonds. The zero-order valence-corrected chi connectivity index (χ0v) is 17.2. The van der Waals surface area contributed by atoms with E-state index >= 15 is 0 Å². The van der Waals surface area contributed by atoms with Crippen LogP contribution in [0, 0.1) is 26.6 Å². The lowest BCUT2D eigenvalue weighted by Gasteiger charge is -2.12. The molecule has 0 aliphatic carbocycles. The molecule has 5 nitrogen and oxygen atoms in total. The number of hydrogen-bond acceptors (Lipinski definition) is 3. The van der Waals surface area contributed by atoms with Crippen molar-refractivity contribution in [1.82, 2.24) is 19.9 Å². The lowest BCUT2D eigenvalue weighted by Crippen LogP contribution is -2.23. The maximum Gasteiger partial charge on any atom is 0.257 e. The number of hydrogen-bond donors (Lipinski definition) is 1. The molecule has 2 heterocycles. The summed E-state index contributed by atoms with van der Waals surface area (Å²) in [6, 6.07) is 14.5. The Balaban J connectivity index is 1.59. The third-order valence-electron chi connectivity index (χ3n) is 5.32. The third kappa shape index (κ3) is 3.94. The van der Waals surface area contributed by atoms with Gasteiger partial charge in [0.15, 0.2) is 5.65 Å². The molecule has 0 fully saturated rings. The van der Waals surface area contributed by atoms with Gasteiger partial charge in [0.05, 0.1) is 6.20 Å². The number of benzene rings is 2. The molecular formula is C24H23FN4O. The standard InChI is InChI=1S/C24H23FN4O/c1-15-4-6-19(7-5-15)13-26-24(30)22-14-27-29-17(3)21(16(2)28-23(22)29)12-18-8-10-20(25)11-9-18/h4-11,14H,12-13H2,1-3H3,(H,26,30). The van der Waals surface area contributed by atoms with Crippen molar-refractivity contribution in [2.24, 2.45) is 0 Å². The van der Waals surface area contributed by atoms with E-state index in [9.17, 15) is 9.18 Å². The van der Waals surface area contributed by atoms with E-state index in [2.05, 4.69) is 15.4 Å². The summed E-state index contributed by atoms with van der Waals surface area (Å²) in [5, 5.41) is 7.34. The smallest absolute Gasteiger partial charge is 0.257 e. The van der Waals surface area contributed by atoms with E-state index in [1.54, 1.807) is 22.8 Å². The molecule has 0 spiro atoms. The molecule has 0 saturated carbocycles. The van der Waals surface area contributed by atoms with Crippen molar-refractivity contribution in [3.05, 3.63) is 99.8 Å². The molecule has 4 aromatic rings. The van der Waals surface area contributed by atoms with Gasteiger partial charge in [0, 0.05) is 24.4 Å². The van der Waals surface area contributed by atoms with Crippen molar-refractivity contribution < 1.29 is 9.18 Å². The van der Waals surface area contributed by atoms with Crippen LogP contribution in [0.3, 0.4) is 0 Å². The third-order valence-corrected chi connectivity index (χ3v) is 5.32. The molecule has 0 aliphatic rings. The van der Waals surface area contributed by atoms with Gasteiger partial charge in [-0.15, -0.1) is 0 Å². The first-order chi connectivity index (χ1) is 14.4. The molecule has 30 heavy (non-hydrogen) atoms. The van der Waals surface area contributed by atoms with Crippen molar-refractivity contribution in [2.75, 3.05) is 0 Å². The predicted molar refractivity (Wildman–Crippen MR) is 114 cm³/mol. The minimum Gasteiger partial charge on any atom is -0.348 e. The Morgan fingerprint density at radius 2 is 1.67 bits per heavy atom. The summed E-state index contributed by atoms with van der Waals surface area (Å²) >= 11 is 0. The van der Waals surface area contributed by atoms with Crippen LogP contribution in [0.25, 0.3) is 5.65 Å². The predicted octanol–water partition coefficient (Wildman–Crippen LogP) is 4.31. The minimum absolute atomic E-state index is 0.205. The maximum atomic E-state index is 13.2. The highest BCUT2D eigenvalue weighted by Gasteiger charge is 2.18. The normalized spacial score (nSPS) is 11.1. The summed E-state index contributed by atoms with van der Waals surface area (Å²) in [5.74, 6) is -0.461. The Morgan fingerprint density at radius 1 is 1.00 bits per heavy atom. The Bertz CT molecular complexity index is 1210. The average Bonchev–Trinajstić information content (AvgIpc) is 3.16. The number of carbonyl (C=O) groups excluding carboxylic acids is 1. The molecule has 0 atom stereocenters. The molecule has 2 aromatic carbocycles. The van der Waals surface area contributed by atoms with Gasteiger partial charge in [-0.05, 0) is 49.6 Å². The first-order valence-electron chi connectivity index (χ1n) is 9.84. The second kappa shape index (κ2) is 8.06. The van der Waals surface area contributed by atoms with E-state index in [0.717, 1.165) is 28.1 Å². The van der Waals surface area contributed by atoms with E-state index in [1.807, 2.05) is 45.0 Å². The van der Waals surface area contributed by atoms with Gasteiger partial charge in [-0.3, -0.25) is 4.79 Å². The largest absolute Gasteiger partial charge is 0.348 e. The SMILES string of the molecule is Cc1ccc(CNC(=O)c2cnn3c(C)c(Cc4ccc(F)cc4)c(C)nc23)cc1. The average molecular weight is 402 g/mol. The number of nitrogens with zero attached hydrogens (tertiary/aromatic N) is 3. The second-order valence-electron chi connectivity index (χ2n) is 7.53. The van der Waals surface area contributed by atoms with Gasteiger partial charge < -0.3 is 5.32 Å². The summed E-state index contributed by atoms with van der Waals surface area (Å²) in [7, 11) is 0. The fourth-order valence-corrected chi connectivity index (χ4v) is 3.52. The van der Waals surface area contributed by atoms with Crippen LogP contribution in [0.15, 0.2) is 54.7 Å². The molecule has 0 bridgehead atoms. The highest BCUT2D eigenvalue weighted by molar-refractivity contribution is 5.99. The second-order valence-corrected chi connectivity index (χ2v) is 7.53. The fraction of sp³-hybridized carbons (Fsp3) is 0.208. The van der Waals surface area contributed by atoms with E-state index in [4.69, 9.17) is 0 Å². The van der Waals surface area contributed by atoms with E-state index in [0.29, 0.717) is 24.2 Å². The fourth-order valence-electron chi connectivity index (χ4n) is 3.52. The van der Waals surface area contributed by atoms with Crippen molar-refractivity contribution in [1.29, 1.82) is 0 Å². The molecular weight excluding hydrogens is 379 g/mol. The topological polar surface area (TPSA) is 59.3 Å². The summed E-state index contributed by atoms with van der Waals surface area (Å²) in [5.41, 5.74) is 6.95. The Hall–Kier alpha value is -3.54. The monoisotopic (exact) mass is 402 g/mol. The first kappa shape index (κ1) is 19.8. The summed E-state index contributed by atoms with van der Waals surface area (Å²) in [4.78, 5) is 17.4. The number of carbonyl (C=O) groups is 1. The van der Waals surface area contributed by atoms with Crippen molar-refractivity contribution in [2.45, 2.75) is 33.7 Å². The van der Waals surface area contributed by atoms with Gasteiger partial charge in [-0.2, -0.15) is 5.10 Å². The molecule has 0 saturated heterocycles. The number of rotatable bonds is 5. The molecule has 0 unspecified atom stereocenters. The number of halogens is 1. The van der Waals surface area contributed by atoms with Crippen molar-refractivity contribution >= 4 is 11.6 Å². The lowest BCUT2D eigenvalue weighted by molar-refractivity contribution is 0.0952. The maximum absolute atomic E-state index is 13.2. The van der Waals surface area contributed by atoms with Crippen molar-refractivity contribution in [3.8, 4) is 0 Å². The number of amides is 1. The summed E-state index contributed by atoms with van der Waals surface area (Å²) in [6.07, 6.45) is 2.18. The van der Waals surface area contributed by atoms with Crippen LogP contribution < -0.4 is 5.32 Å². The van der Waals surface area contributed by atoms with Crippen LogP contribution in [-0.2, 0) is 13.0 Å². The van der Waals surface area contributed by atoms with Crippen LogP contribution in [0.5, 0.6) is 0 Å². The van der Waals surface area contributed by atoms with E-state index in [-0.39, 0.29) is 11.7 Å². The van der Waals surface area contributed by atoms with Crippen LogP contribution >= 0.6 is 0 Å². The number of fused-ring (bicyclic) bond motifs is 1. The number of nitrogens with one attached hydrogen (secondary N) is 1. The van der Waals surface area contributed by atoms with Crippen molar-refractivity contribution in [3.63, 3.8) is 0 Å². The van der Waals surface area contributed by atoms with Gasteiger partial charge in [-0.1, -0.05) is 42.0 Å². The number of aromatic nitrogens is 3. The van der Waals surface area contributed by atoms with Gasteiger partial charge in [0.25, 0.3) is 5.91 Å². The Kier molecular flexibility index (Phi) is 5.31. The minimum atomic E-state index is -0.255. The summed E-state index contributed by atoms with van der Waals surface area (Å²) < 4.78 is 14.9. The molecule has 152 valence electrons. The van der Waals surface area contributed by atoms with Gasteiger partial charge in [0.2, 0.25) is 0 Å². The van der Waals surface area contributed by atoms with E-state index in [1.165, 1.54) is 17.7 Å². The first-order valence-corrected chi connectivity index (χ1v) is 9.84. The molecule has 4 rings (SSSR count). The van der Waals surface area contributed by atoms with E-state index < -0.39 is 0 Å². The number of aryl methyl sites for hydroxylation is 3. The molecule has 0 aliphatic heterocycles. The molecule has 0 radical (unpaired) electrons. The Morgan fingerprint density at radius 3 is 2.37 bits per heavy atom. The van der Waals surface area contributed by atoms with Crippen LogP contribution in [0.4, 0.5) is 4.39 Å². The molecule has 2 aromatic heterocycles. The Labute approximate surface area is 174 Å². The highest BCUT2D eigenvalue weighted by atomic mass is 19.1. The van der Waals surface area contributed by atoms with Crippen LogP contribution in [0.1, 0.15) is 44.0 Å². The van der Waals surface area contributed by atoms with Crippen LogP contribution in [-0.4, -0.2) is 20.5 Å². The summed E-state index contributed by atoms with van der Waals surface area (Å²) in [6.45, 7) is 6.35. The molecule has 1 N–H and O–H groups in total. The highest BCUT2D eigenvalue weighted by Crippen LogP contribution is 2.20. The van der Waals surface area contributed by atoms with Gasteiger partial charge >= 0.3 is 0 Å². The van der Waals surface area contributed by atoms with Gasteiger partial charge in [0.1, 0.15) is 11.4 Å². The van der Waals surface area contributed by atoms with Crippen LogP contribution in [0.2, 0.25) is 0 Å². The zero-order chi connectivity index (χ0) is 21.3. The quantitative estimate of drug-likeness (QED) is 0.541. The lowest BCUT2D eigenvalue weighted by atomic mass is 10.0. The zero-order valence-electron chi connectivity index (χ0n) is 17.2. The molecule has 6 heteroatoms.